The molecule has 0 amide bonds. The third-order valence-electron chi connectivity index (χ3n) is 4.54. The van der Waals surface area contributed by atoms with Gasteiger partial charge in [0.25, 0.3) is 0 Å². The summed E-state index contributed by atoms with van der Waals surface area (Å²) in [7, 11) is 2.06. The number of fused-ring (bicyclic) bond motifs is 1. The fourth-order valence-corrected chi connectivity index (χ4v) is 3.98. The van der Waals surface area contributed by atoms with Gasteiger partial charge in [0.15, 0.2) is 0 Å². The molecule has 0 saturated carbocycles. The highest BCUT2D eigenvalue weighted by Gasteiger charge is 2.31. The Morgan fingerprint density at radius 3 is 3.08 bits per heavy atom. The Labute approximate surface area is 151 Å². The van der Waals surface area contributed by atoms with Gasteiger partial charge < -0.3 is 9.30 Å². The van der Waals surface area contributed by atoms with Gasteiger partial charge in [-0.3, -0.25) is 9.88 Å². The minimum Gasteiger partial charge on any atom is -0.375 e. The number of thiazole rings is 1. The van der Waals surface area contributed by atoms with Gasteiger partial charge in [0.1, 0.15) is 5.01 Å². The smallest absolute Gasteiger partial charge is 0.107 e. The van der Waals surface area contributed by atoms with Crippen molar-refractivity contribution in [3.05, 3.63) is 64.4 Å². The zero-order valence-corrected chi connectivity index (χ0v) is 15.0. The Morgan fingerprint density at radius 1 is 1.32 bits per heavy atom. The highest BCUT2D eigenvalue weighted by atomic mass is 32.1. The molecule has 7 heteroatoms. The fraction of sp³-hybridized carbons (Fsp3) is 0.389. The maximum atomic E-state index is 6.05. The first-order valence-electron chi connectivity index (χ1n) is 8.40. The fourth-order valence-electron chi connectivity index (χ4n) is 3.34. The summed E-state index contributed by atoms with van der Waals surface area (Å²) in [5.41, 5.74) is 3.54. The van der Waals surface area contributed by atoms with Crippen LogP contribution in [0.2, 0.25) is 0 Å². The summed E-state index contributed by atoms with van der Waals surface area (Å²) >= 11 is 1.70. The number of nitrogens with zero attached hydrogens (tertiary/aromatic N) is 5. The standard InChI is InChI=1S/C18H21N5OS/c1-22-13-21-15-4-7-23(10-17-20-6-8-25-17)16(18(15)22)12-24-11-14-3-2-5-19-9-14/h2-3,5-6,8-9,13,16H,4,7,10-12H2,1H3/t16-/m1/s1. The third-order valence-corrected chi connectivity index (χ3v) is 5.31. The Kier molecular flexibility index (Phi) is 4.87. The number of ether oxygens (including phenoxy) is 1. The van der Waals surface area contributed by atoms with Crippen molar-refractivity contribution in [3.63, 3.8) is 0 Å². The quantitative estimate of drug-likeness (QED) is 0.680. The number of rotatable bonds is 6. The maximum absolute atomic E-state index is 6.05. The molecule has 3 aromatic heterocycles. The van der Waals surface area contributed by atoms with Crippen LogP contribution in [-0.4, -0.2) is 37.6 Å². The van der Waals surface area contributed by atoms with Gasteiger partial charge in [0, 0.05) is 44.0 Å². The summed E-state index contributed by atoms with van der Waals surface area (Å²) in [6.45, 7) is 3.03. The van der Waals surface area contributed by atoms with Crippen LogP contribution in [0.3, 0.4) is 0 Å². The van der Waals surface area contributed by atoms with Gasteiger partial charge in [-0.25, -0.2) is 9.97 Å². The molecule has 0 fully saturated rings. The van der Waals surface area contributed by atoms with Gasteiger partial charge in [0.05, 0.1) is 43.5 Å². The van der Waals surface area contributed by atoms with E-state index in [-0.39, 0.29) is 6.04 Å². The molecule has 25 heavy (non-hydrogen) atoms. The number of pyridine rings is 1. The predicted molar refractivity (Wildman–Crippen MR) is 96.1 cm³/mol. The Hall–Kier alpha value is -2.09. The molecule has 1 aliphatic heterocycles. The summed E-state index contributed by atoms with van der Waals surface area (Å²) in [6, 6.07) is 4.17. The summed E-state index contributed by atoms with van der Waals surface area (Å²) in [5.74, 6) is 0. The van der Waals surface area contributed by atoms with Crippen LogP contribution in [0, 0.1) is 0 Å². The Balaban J connectivity index is 1.50. The normalized spacial score (nSPS) is 17.6. The van der Waals surface area contributed by atoms with Crippen molar-refractivity contribution >= 4 is 11.3 Å². The largest absolute Gasteiger partial charge is 0.375 e. The van der Waals surface area contributed by atoms with Crippen LogP contribution in [0.4, 0.5) is 0 Å². The molecule has 4 rings (SSSR count). The number of aryl methyl sites for hydroxylation is 1. The second-order valence-electron chi connectivity index (χ2n) is 6.23. The minimum atomic E-state index is 0.192. The number of hydrogen-bond donors (Lipinski definition) is 0. The van der Waals surface area contributed by atoms with Crippen LogP contribution in [0.15, 0.2) is 42.4 Å². The molecule has 0 bridgehead atoms. The van der Waals surface area contributed by atoms with Crippen LogP contribution in [0.5, 0.6) is 0 Å². The van der Waals surface area contributed by atoms with Gasteiger partial charge in [-0.2, -0.15) is 0 Å². The van der Waals surface area contributed by atoms with Crippen LogP contribution in [0.25, 0.3) is 0 Å². The lowest BCUT2D eigenvalue weighted by Gasteiger charge is -2.35. The van der Waals surface area contributed by atoms with Gasteiger partial charge in [-0.05, 0) is 11.6 Å². The third kappa shape index (κ3) is 3.63. The van der Waals surface area contributed by atoms with Crippen molar-refractivity contribution in [3.8, 4) is 0 Å². The van der Waals surface area contributed by atoms with Gasteiger partial charge >= 0.3 is 0 Å². The van der Waals surface area contributed by atoms with E-state index < -0.39 is 0 Å². The van der Waals surface area contributed by atoms with E-state index in [9.17, 15) is 0 Å². The van der Waals surface area contributed by atoms with E-state index in [0.29, 0.717) is 13.2 Å². The predicted octanol–water partition coefficient (Wildman–Crippen LogP) is 2.59. The molecule has 0 saturated heterocycles. The number of aromatic nitrogens is 4. The van der Waals surface area contributed by atoms with E-state index in [1.165, 1.54) is 11.4 Å². The molecule has 130 valence electrons. The molecule has 0 aliphatic carbocycles. The molecular weight excluding hydrogens is 334 g/mol. The SMILES string of the molecule is Cn1cnc2c1[C@@H](COCc1cccnc1)N(Cc1nccs1)CC2. The van der Waals surface area contributed by atoms with Crippen molar-refractivity contribution < 1.29 is 4.74 Å². The minimum absolute atomic E-state index is 0.192. The Morgan fingerprint density at radius 2 is 2.28 bits per heavy atom. The molecule has 0 radical (unpaired) electrons. The lowest BCUT2D eigenvalue weighted by Crippen LogP contribution is -2.38. The maximum Gasteiger partial charge on any atom is 0.107 e. The second kappa shape index (κ2) is 7.43. The molecule has 0 N–H and O–H groups in total. The van der Waals surface area contributed by atoms with E-state index in [0.717, 1.165) is 30.1 Å². The second-order valence-corrected chi connectivity index (χ2v) is 7.21. The Bertz CT molecular complexity index is 802. The van der Waals surface area contributed by atoms with Crippen molar-refractivity contribution in [1.82, 2.24) is 24.4 Å². The molecule has 0 spiro atoms. The molecule has 0 unspecified atom stereocenters. The summed E-state index contributed by atoms with van der Waals surface area (Å²) < 4.78 is 8.18. The molecule has 6 nitrogen and oxygen atoms in total. The molecule has 4 heterocycles. The zero-order valence-electron chi connectivity index (χ0n) is 14.2. The first kappa shape index (κ1) is 16.4. The number of hydrogen-bond acceptors (Lipinski definition) is 6. The van der Waals surface area contributed by atoms with Crippen LogP contribution in [0.1, 0.15) is 28.0 Å². The van der Waals surface area contributed by atoms with Crippen molar-refractivity contribution in [2.75, 3.05) is 13.2 Å². The zero-order chi connectivity index (χ0) is 17.1. The van der Waals surface area contributed by atoms with Crippen LogP contribution >= 0.6 is 11.3 Å². The molecule has 1 aliphatic rings. The van der Waals surface area contributed by atoms with Crippen molar-refractivity contribution in [2.24, 2.45) is 7.05 Å². The van der Waals surface area contributed by atoms with Gasteiger partial charge in [0.2, 0.25) is 0 Å². The highest BCUT2D eigenvalue weighted by molar-refractivity contribution is 7.09. The van der Waals surface area contributed by atoms with E-state index in [1.807, 2.05) is 36.2 Å². The van der Waals surface area contributed by atoms with Crippen LogP contribution < -0.4 is 0 Å². The van der Waals surface area contributed by atoms with E-state index in [1.54, 1.807) is 17.5 Å². The molecule has 1 atom stereocenters. The lowest BCUT2D eigenvalue weighted by atomic mass is 10.0. The lowest BCUT2D eigenvalue weighted by molar-refractivity contribution is 0.0377. The van der Waals surface area contributed by atoms with Gasteiger partial charge in [-0.15, -0.1) is 11.3 Å². The molecule has 0 aromatic carbocycles. The van der Waals surface area contributed by atoms with E-state index in [4.69, 9.17) is 4.74 Å². The van der Waals surface area contributed by atoms with E-state index in [2.05, 4.69) is 31.5 Å². The van der Waals surface area contributed by atoms with Gasteiger partial charge in [-0.1, -0.05) is 6.07 Å². The molecular formula is C18H21N5OS. The van der Waals surface area contributed by atoms with E-state index >= 15 is 0 Å². The van der Waals surface area contributed by atoms with Crippen LogP contribution in [-0.2, 0) is 31.4 Å². The summed E-state index contributed by atoms with van der Waals surface area (Å²) in [5, 5.41) is 3.17. The van der Waals surface area contributed by atoms with Crippen molar-refractivity contribution in [2.45, 2.75) is 25.6 Å². The first-order valence-corrected chi connectivity index (χ1v) is 9.28. The summed E-state index contributed by atoms with van der Waals surface area (Å²) in [4.78, 5) is 15.6. The number of imidazole rings is 1. The van der Waals surface area contributed by atoms with Crippen molar-refractivity contribution in [1.29, 1.82) is 0 Å². The average Bonchev–Trinajstić information content (AvgIpc) is 3.28. The topological polar surface area (TPSA) is 56.1 Å². The molecule has 3 aromatic rings. The first-order chi connectivity index (χ1) is 12.3. The summed E-state index contributed by atoms with van der Waals surface area (Å²) in [6.07, 6.45) is 8.38. The average molecular weight is 355 g/mol. The highest BCUT2D eigenvalue weighted by Crippen LogP contribution is 2.31. The monoisotopic (exact) mass is 355 g/mol.